The smallest absolute Gasteiger partial charge is 0.287 e. The van der Waals surface area contributed by atoms with Crippen molar-refractivity contribution in [2.45, 2.75) is 5.03 Å². The zero-order valence-corrected chi connectivity index (χ0v) is 16.8. The highest BCUT2D eigenvalue weighted by atomic mass is 35.5. The maximum absolute atomic E-state index is 12.7. The molecule has 0 atom stereocenters. The van der Waals surface area contributed by atoms with Crippen LogP contribution < -0.4 is 15.0 Å². The summed E-state index contributed by atoms with van der Waals surface area (Å²) in [6.45, 7) is 0. The van der Waals surface area contributed by atoms with Crippen molar-refractivity contribution in [3.63, 3.8) is 0 Å². The molecule has 3 rings (SSSR count). The third kappa shape index (κ3) is 4.37. The molecular weight excluding hydrogens is 400 g/mol. The number of carbonyl (C=O) groups excluding carboxylic acids is 1. The Labute approximate surface area is 171 Å². The van der Waals surface area contributed by atoms with Gasteiger partial charge in [-0.2, -0.15) is 0 Å². The summed E-state index contributed by atoms with van der Waals surface area (Å²) in [5.41, 5.74) is 0.810. The number of rotatable bonds is 7. The number of thioether (sulfide) groups is 1. The van der Waals surface area contributed by atoms with Crippen LogP contribution in [-0.4, -0.2) is 35.3 Å². The summed E-state index contributed by atoms with van der Waals surface area (Å²) in [6.07, 6.45) is 3.07. The van der Waals surface area contributed by atoms with Crippen molar-refractivity contribution in [2.24, 2.45) is 0 Å². The van der Waals surface area contributed by atoms with Crippen molar-refractivity contribution in [2.75, 3.05) is 20.0 Å². The highest BCUT2D eigenvalue weighted by Gasteiger charge is 2.12. The van der Waals surface area contributed by atoms with Gasteiger partial charge in [-0.1, -0.05) is 23.4 Å². The first-order chi connectivity index (χ1) is 13.5. The van der Waals surface area contributed by atoms with E-state index >= 15 is 0 Å². The zero-order chi connectivity index (χ0) is 20.1. The number of ether oxygens (including phenoxy) is 2. The number of Topliss-reactive ketones (excluding diaryl/α,β-unsaturated/α-hetero) is 1. The van der Waals surface area contributed by atoms with Gasteiger partial charge in [0.25, 0.3) is 5.56 Å². The number of carbonyl (C=O) groups is 1. The predicted molar refractivity (Wildman–Crippen MR) is 109 cm³/mol. The van der Waals surface area contributed by atoms with E-state index in [4.69, 9.17) is 21.1 Å². The van der Waals surface area contributed by atoms with E-state index in [-0.39, 0.29) is 22.1 Å². The lowest BCUT2D eigenvalue weighted by Gasteiger charge is -2.09. The molecule has 0 amide bonds. The molecule has 0 N–H and O–H groups in total. The molecule has 144 valence electrons. The van der Waals surface area contributed by atoms with E-state index in [0.717, 1.165) is 11.8 Å². The Morgan fingerprint density at radius 1 is 1.14 bits per heavy atom. The van der Waals surface area contributed by atoms with Crippen molar-refractivity contribution in [3.8, 4) is 17.2 Å². The lowest BCUT2D eigenvalue weighted by molar-refractivity contribution is 0.102. The second-order valence-electron chi connectivity index (χ2n) is 5.67. The van der Waals surface area contributed by atoms with Crippen molar-refractivity contribution in [3.05, 3.63) is 75.8 Å². The highest BCUT2D eigenvalue weighted by molar-refractivity contribution is 7.99. The van der Waals surface area contributed by atoms with Crippen LogP contribution in [0.2, 0.25) is 5.02 Å². The van der Waals surface area contributed by atoms with Crippen molar-refractivity contribution < 1.29 is 14.3 Å². The molecule has 2 aromatic carbocycles. The highest BCUT2D eigenvalue weighted by Crippen LogP contribution is 2.26. The minimum absolute atomic E-state index is 0.0992. The van der Waals surface area contributed by atoms with Crippen LogP contribution in [0.5, 0.6) is 11.5 Å². The first-order valence-electron chi connectivity index (χ1n) is 8.25. The fourth-order valence-corrected chi connectivity index (χ4v) is 3.54. The van der Waals surface area contributed by atoms with Crippen LogP contribution in [0.3, 0.4) is 0 Å². The molecule has 0 saturated heterocycles. The standard InChI is InChI=1S/C20H17ClN2O4S/c1-26-15-6-3-13(4-7-15)17(24)12-28-19-20(25)23(10-9-22-19)14-5-8-18(27-2)16(21)11-14/h3-11H,12H2,1-2H3. The second-order valence-corrected chi connectivity index (χ2v) is 7.04. The average Bonchev–Trinajstić information content (AvgIpc) is 2.72. The Morgan fingerprint density at radius 3 is 2.54 bits per heavy atom. The summed E-state index contributed by atoms with van der Waals surface area (Å²) in [7, 11) is 3.09. The SMILES string of the molecule is COc1ccc(C(=O)CSc2nccn(-c3ccc(OC)c(Cl)c3)c2=O)cc1. The first-order valence-corrected chi connectivity index (χ1v) is 9.61. The molecule has 0 aliphatic rings. The Kier molecular flexibility index (Phi) is 6.38. The number of nitrogens with zero attached hydrogens (tertiary/aromatic N) is 2. The maximum Gasteiger partial charge on any atom is 0.287 e. The molecule has 0 spiro atoms. The molecule has 0 unspecified atom stereocenters. The molecule has 0 radical (unpaired) electrons. The summed E-state index contributed by atoms with van der Waals surface area (Å²) >= 11 is 7.25. The number of benzene rings is 2. The number of hydrogen-bond donors (Lipinski definition) is 0. The minimum Gasteiger partial charge on any atom is -0.497 e. The lowest BCUT2D eigenvalue weighted by Crippen LogP contribution is -2.21. The number of ketones is 1. The summed E-state index contributed by atoms with van der Waals surface area (Å²) in [6, 6.07) is 11.9. The Bertz CT molecular complexity index is 1050. The first kappa shape index (κ1) is 20.0. The van der Waals surface area contributed by atoms with E-state index in [9.17, 15) is 9.59 Å². The predicted octanol–water partition coefficient (Wildman–Crippen LogP) is 3.88. The second kappa shape index (κ2) is 8.95. The fourth-order valence-electron chi connectivity index (χ4n) is 2.50. The molecule has 1 heterocycles. The van der Waals surface area contributed by atoms with Gasteiger partial charge in [-0.25, -0.2) is 4.98 Å². The minimum atomic E-state index is -0.323. The number of aromatic nitrogens is 2. The van der Waals surface area contributed by atoms with E-state index in [0.29, 0.717) is 27.8 Å². The van der Waals surface area contributed by atoms with Gasteiger partial charge in [-0.15, -0.1) is 0 Å². The van der Waals surface area contributed by atoms with E-state index in [2.05, 4.69) is 4.98 Å². The largest absolute Gasteiger partial charge is 0.497 e. The number of hydrogen-bond acceptors (Lipinski definition) is 6. The van der Waals surface area contributed by atoms with Crippen LogP contribution in [0.15, 0.2) is 64.7 Å². The molecule has 28 heavy (non-hydrogen) atoms. The fraction of sp³-hybridized carbons (Fsp3) is 0.150. The van der Waals surface area contributed by atoms with E-state index in [1.165, 1.54) is 17.9 Å². The van der Waals surface area contributed by atoms with Crippen LogP contribution in [0, 0.1) is 0 Å². The molecule has 1 aromatic heterocycles. The monoisotopic (exact) mass is 416 g/mol. The topological polar surface area (TPSA) is 70.4 Å². The van der Waals surface area contributed by atoms with Gasteiger partial charge in [0.2, 0.25) is 0 Å². The van der Waals surface area contributed by atoms with E-state index in [1.807, 2.05) is 0 Å². The van der Waals surface area contributed by atoms with Gasteiger partial charge in [0.15, 0.2) is 10.8 Å². The third-order valence-corrected chi connectivity index (χ3v) is 5.23. The molecule has 3 aromatic rings. The van der Waals surface area contributed by atoms with Crippen LogP contribution in [0.4, 0.5) is 0 Å². The Morgan fingerprint density at radius 2 is 1.89 bits per heavy atom. The summed E-state index contributed by atoms with van der Waals surface area (Å²) in [4.78, 5) is 29.2. The number of methoxy groups -OCH3 is 2. The van der Waals surface area contributed by atoms with Crippen LogP contribution in [-0.2, 0) is 0 Å². The van der Waals surface area contributed by atoms with Crippen LogP contribution >= 0.6 is 23.4 Å². The molecule has 6 nitrogen and oxygen atoms in total. The van der Waals surface area contributed by atoms with Gasteiger partial charge in [0, 0.05) is 18.0 Å². The summed E-state index contributed by atoms with van der Waals surface area (Å²) in [5, 5.41) is 0.629. The van der Waals surface area contributed by atoms with Gasteiger partial charge in [0.05, 0.1) is 30.7 Å². The van der Waals surface area contributed by atoms with Crippen LogP contribution in [0.1, 0.15) is 10.4 Å². The van der Waals surface area contributed by atoms with Gasteiger partial charge >= 0.3 is 0 Å². The lowest BCUT2D eigenvalue weighted by atomic mass is 10.1. The molecule has 0 fully saturated rings. The van der Waals surface area contributed by atoms with E-state index in [1.54, 1.807) is 55.8 Å². The normalized spacial score (nSPS) is 10.5. The summed E-state index contributed by atoms with van der Waals surface area (Å²) in [5.74, 6) is 1.20. The van der Waals surface area contributed by atoms with Crippen molar-refractivity contribution >= 4 is 29.1 Å². The third-order valence-electron chi connectivity index (χ3n) is 3.97. The molecule has 0 aliphatic carbocycles. The molecule has 0 bridgehead atoms. The number of halogens is 1. The molecule has 0 saturated carbocycles. The molecule has 8 heteroatoms. The van der Waals surface area contributed by atoms with E-state index < -0.39 is 0 Å². The molecular formula is C20H17ClN2O4S. The van der Waals surface area contributed by atoms with Gasteiger partial charge in [-0.05, 0) is 42.5 Å². The molecule has 0 aliphatic heterocycles. The van der Waals surface area contributed by atoms with Crippen molar-refractivity contribution in [1.29, 1.82) is 0 Å². The van der Waals surface area contributed by atoms with Gasteiger partial charge in [0.1, 0.15) is 11.5 Å². The summed E-state index contributed by atoms with van der Waals surface area (Å²) < 4.78 is 11.6. The Hall–Kier alpha value is -2.77. The van der Waals surface area contributed by atoms with Gasteiger partial charge in [-0.3, -0.25) is 14.2 Å². The zero-order valence-electron chi connectivity index (χ0n) is 15.2. The van der Waals surface area contributed by atoms with Gasteiger partial charge < -0.3 is 9.47 Å². The van der Waals surface area contributed by atoms with Crippen LogP contribution in [0.25, 0.3) is 5.69 Å². The quantitative estimate of drug-likeness (QED) is 0.430. The van der Waals surface area contributed by atoms with Crippen molar-refractivity contribution in [1.82, 2.24) is 9.55 Å². The maximum atomic E-state index is 12.7. The Balaban J connectivity index is 1.78. The average molecular weight is 417 g/mol.